The number of esters is 1. The molecule has 1 aliphatic heterocycles. The summed E-state index contributed by atoms with van der Waals surface area (Å²) in [7, 11) is 1.29. The van der Waals surface area contributed by atoms with Crippen molar-refractivity contribution in [3.63, 3.8) is 0 Å². The molecule has 0 saturated carbocycles. The van der Waals surface area contributed by atoms with Crippen LogP contribution in [0.2, 0.25) is 0 Å². The molecule has 2 atom stereocenters. The van der Waals surface area contributed by atoms with Crippen LogP contribution in [-0.2, 0) is 14.3 Å². The summed E-state index contributed by atoms with van der Waals surface area (Å²) in [6.07, 6.45) is 0. The topological polar surface area (TPSA) is 46.6 Å². The Labute approximate surface area is 120 Å². The van der Waals surface area contributed by atoms with E-state index in [0.29, 0.717) is 5.69 Å². The van der Waals surface area contributed by atoms with Crippen LogP contribution in [0, 0.1) is 0 Å². The number of halogens is 1. The molecule has 1 amide bonds. The molecule has 102 valence electrons. The molecule has 0 radical (unpaired) electrons. The van der Waals surface area contributed by atoms with Gasteiger partial charge in [-0.1, -0.05) is 36.4 Å². The van der Waals surface area contributed by atoms with E-state index in [1.54, 1.807) is 6.07 Å². The van der Waals surface area contributed by atoms with Crippen LogP contribution in [-0.4, -0.2) is 30.4 Å². The highest BCUT2D eigenvalue weighted by molar-refractivity contribution is 6.40. The van der Waals surface area contributed by atoms with Gasteiger partial charge >= 0.3 is 5.97 Å². The smallest absolute Gasteiger partial charge is 0.331 e. The SMILES string of the molecule is COC(=O)[C@@H]1[C@H](Cl)C(=O)N1c1cccc2ccccc12. The largest absolute Gasteiger partial charge is 0.467 e. The van der Waals surface area contributed by atoms with E-state index in [9.17, 15) is 9.59 Å². The van der Waals surface area contributed by atoms with Crippen LogP contribution in [0.1, 0.15) is 0 Å². The molecule has 1 saturated heterocycles. The first-order valence-corrected chi connectivity index (χ1v) is 6.61. The van der Waals surface area contributed by atoms with Crippen molar-refractivity contribution < 1.29 is 14.3 Å². The first-order chi connectivity index (χ1) is 9.65. The zero-order valence-corrected chi connectivity index (χ0v) is 11.5. The van der Waals surface area contributed by atoms with E-state index in [2.05, 4.69) is 0 Å². The minimum absolute atomic E-state index is 0.279. The Morgan fingerprint density at radius 2 is 1.90 bits per heavy atom. The van der Waals surface area contributed by atoms with Gasteiger partial charge in [0.2, 0.25) is 5.91 Å². The fourth-order valence-corrected chi connectivity index (χ4v) is 2.81. The third kappa shape index (κ3) is 1.76. The zero-order chi connectivity index (χ0) is 14.3. The molecular formula is C15H12ClNO3. The van der Waals surface area contributed by atoms with E-state index < -0.39 is 17.4 Å². The molecule has 0 N–H and O–H groups in total. The molecule has 4 nitrogen and oxygen atoms in total. The van der Waals surface area contributed by atoms with Gasteiger partial charge in [-0.2, -0.15) is 0 Å². The van der Waals surface area contributed by atoms with E-state index in [1.165, 1.54) is 12.0 Å². The number of methoxy groups -OCH3 is 1. The first kappa shape index (κ1) is 12.9. The fraction of sp³-hybridized carbons (Fsp3) is 0.200. The summed E-state index contributed by atoms with van der Waals surface area (Å²) in [4.78, 5) is 25.2. The van der Waals surface area contributed by atoms with Crippen LogP contribution < -0.4 is 4.90 Å². The lowest BCUT2D eigenvalue weighted by molar-refractivity contribution is -0.147. The van der Waals surface area contributed by atoms with Crippen molar-refractivity contribution in [3.8, 4) is 0 Å². The van der Waals surface area contributed by atoms with Crippen LogP contribution >= 0.6 is 11.6 Å². The molecule has 1 fully saturated rings. The number of hydrogen-bond acceptors (Lipinski definition) is 3. The minimum Gasteiger partial charge on any atom is -0.467 e. The number of amides is 1. The number of fused-ring (bicyclic) bond motifs is 1. The second kappa shape index (κ2) is 4.80. The number of nitrogens with zero attached hydrogens (tertiary/aromatic N) is 1. The lowest BCUT2D eigenvalue weighted by Crippen LogP contribution is -2.66. The Kier molecular flexibility index (Phi) is 3.10. The number of β-lactam (4-membered cyclic amide) rings is 1. The highest BCUT2D eigenvalue weighted by Crippen LogP contribution is 2.36. The van der Waals surface area contributed by atoms with E-state index in [-0.39, 0.29) is 5.91 Å². The predicted octanol–water partition coefficient (Wildman–Crippen LogP) is 2.34. The Bertz CT molecular complexity index is 695. The third-order valence-corrected chi connectivity index (χ3v) is 3.92. The predicted molar refractivity (Wildman–Crippen MR) is 76.9 cm³/mol. The molecule has 0 unspecified atom stereocenters. The highest BCUT2D eigenvalue weighted by atomic mass is 35.5. The average Bonchev–Trinajstić information content (AvgIpc) is 2.50. The lowest BCUT2D eigenvalue weighted by atomic mass is 9.97. The minimum atomic E-state index is -0.860. The van der Waals surface area contributed by atoms with Gasteiger partial charge in [0.25, 0.3) is 0 Å². The average molecular weight is 290 g/mol. The molecule has 0 bridgehead atoms. The van der Waals surface area contributed by atoms with E-state index in [4.69, 9.17) is 16.3 Å². The number of rotatable bonds is 2. The van der Waals surface area contributed by atoms with Gasteiger partial charge in [-0.25, -0.2) is 4.79 Å². The van der Waals surface area contributed by atoms with Crippen LogP contribution in [0.25, 0.3) is 10.8 Å². The molecule has 1 heterocycles. The van der Waals surface area contributed by atoms with Gasteiger partial charge in [-0.05, 0) is 11.5 Å². The van der Waals surface area contributed by atoms with Crippen molar-refractivity contribution >= 4 is 39.9 Å². The molecule has 2 aromatic carbocycles. The molecule has 3 rings (SSSR count). The maximum Gasteiger partial charge on any atom is 0.331 e. The normalized spacial score (nSPS) is 21.7. The van der Waals surface area contributed by atoms with Gasteiger partial charge in [0.05, 0.1) is 12.8 Å². The second-order valence-electron chi connectivity index (χ2n) is 4.58. The summed E-state index contributed by atoms with van der Waals surface area (Å²) in [6, 6.07) is 12.5. The standard InChI is InChI=1S/C15H12ClNO3/c1-20-15(19)13-12(16)14(18)17(13)11-8-4-6-9-5-2-3-7-10(9)11/h2-8,12-13H,1H3/t12-,13-/m0/s1. The molecule has 20 heavy (non-hydrogen) atoms. The van der Waals surface area contributed by atoms with E-state index in [0.717, 1.165) is 10.8 Å². The molecule has 5 heteroatoms. The van der Waals surface area contributed by atoms with Gasteiger partial charge < -0.3 is 4.74 Å². The Morgan fingerprint density at radius 3 is 2.65 bits per heavy atom. The quantitative estimate of drug-likeness (QED) is 0.484. The summed E-state index contributed by atoms with van der Waals surface area (Å²) in [5.74, 6) is -0.782. The van der Waals surface area contributed by atoms with Crippen LogP contribution in [0.15, 0.2) is 42.5 Å². The highest BCUT2D eigenvalue weighted by Gasteiger charge is 2.52. The van der Waals surface area contributed by atoms with Gasteiger partial charge in [-0.15, -0.1) is 11.6 Å². The van der Waals surface area contributed by atoms with Crippen LogP contribution in [0.4, 0.5) is 5.69 Å². The van der Waals surface area contributed by atoms with Crippen molar-refractivity contribution in [2.75, 3.05) is 12.0 Å². The molecule has 2 aromatic rings. The number of ether oxygens (including phenoxy) is 1. The Hall–Kier alpha value is -2.07. The van der Waals surface area contributed by atoms with Crippen LogP contribution in [0.3, 0.4) is 0 Å². The van der Waals surface area contributed by atoms with Gasteiger partial charge in [0, 0.05) is 5.39 Å². The fourth-order valence-electron chi connectivity index (χ4n) is 2.49. The monoisotopic (exact) mass is 289 g/mol. The second-order valence-corrected chi connectivity index (χ2v) is 5.05. The summed E-state index contributed by atoms with van der Waals surface area (Å²) in [5.41, 5.74) is 0.681. The van der Waals surface area contributed by atoms with Crippen molar-refractivity contribution in [1.29, 1.82) is 0 Å². The Balaban J connectivity index is 2.10. The number of benzene rings is 2. The number of anilines is 1. The van der Waals surface area contributed by atoms with E-state index in [1.807, 2.05) is 36.4 Å². The Morgan fingerprint density at radius 1 is 1.20 bits per heavy atom. The summed E-state index contributed by atoms with van der Waals surface area (Å²) < 4.78 is 4.72. The van der Waals surface area contributed by atoms with Crippen molar-refractivity contribution in [3.05, 3.63) is 42.5 Å². The van der Waals surface area contributed by atoms with Gasteiger partial charge in [0.15, 0.2) is 6.04 Å². The summed E-state index contributed by atoms with van der Waals surface area (Å²) in [6.45, 7) is 0. The molecule has 0 aromatic heterocycles. The molecular weight excluding hydrogens is 278 g/mol. The molecule has 0 aliphatic carbocycles. The number of alkyl halides is 1. The number of hydrogen-bond donors (Lipinski definition) is 0. The van der Waals surface area contributed by atoms with Crippen molar-refractivity contribution in [1.82, 2.24) is 0 Å². The van der Waals surface area contributed by atoms with Crippen LogP contribution in [0.5, 0.6) is 0 Å². The summed E-state index contributed by atoms with van der Waals surface area (Å²) in [5, 5.41) is 1.04. The molecule has 1 aliphatic rings. The van der Waals surface area contributed by atoms with Gasteiger partial charge in [0.1, 0.15) is 5.38 Å². The lowest BCUT2D eigenvalue weighted by Gasteiger charge is -2.42. The van der Waals surface area contributed by atoms with E-state index >= 15 is 0 Å². The first-order valence-electron chi connectivity index (χ1n) is 6.18. The van der Waals surface area contributed by atoms with Crippen molar-refractivity contribution in [2.45, 2.75) is 11.4 Å². The maximum atomic E-state index is 12.0. The number of carbonyl (C=O) groups is 2. The molecule has 0 spiro atoms. The van der Waals surface area contributed by atoms with Gasteiger partial charge in [-0.3, -0.25) is 9.69 Å². The maximum absolute atomic E-state index is 12.0. The number of carbonyl (C=O) groups excluding carboxylic acids is 2. The summed E-state index contributed by atoms with van der Waals surface area (Å²) >= 11 is 5.94. The van der Waals surface area contributed by atoms with Crippen molar-refractivity contribution in [2.24, 2.45) is 0 Å². The third-order valence-electron chi connectivity index (χ3n) is 3.50. The zero-order valence-electron chi connectivity index (χ0n) is 10.7.